The molecule has 1 aliphatic carbocycles. The molecule has 17 heavy (non-hydrogen) atoms. The van der Waals surface area contributed by atoms with Gasteiger partial charge in [0.25, 0.3) is 0 Å². The Kier molecular flexibility index (Phi) is 5.14. The second-order valence-corrected chi connectivity index (χ2v) is 5.88. The Hall–Kier alpha value is -0.410. The molecule has 3 nitrogen and oxygen atoms in total. The van der Waals surface area contributed by atoms with Crippen molar-refractivity contribution in [3.05, 3.63) is 0 Å². The summed E-state index contributed by atoms with van der Waals surface area (Å²) in [6.07, 6.45) is 2.08. The van der Waals surface area contributed by atoms with E-state index in [1.807, 2.05) is 0 Å². The Labute approximate surface area is 106 Å². The third-order valence-electron chi connectivity index (χ3n) is 4.05. The van der Waals surface area contributed by atoms with Crippen LogP contribution in [0.25, 0.3) is 0 Å². The lowest BCUT2D eigenvalue weighted by molar-refractivity contribution is -0.128. The van der Waals surface area contributed by atoms with Gasteiger partial charge in [0.2, 0.25) is 0 Å². The minimum atomic E-state index is -0.103. The van der Waals surface area contributed by atoms with Crippen molar-refractivity contribution >= 4 is 5.78 Å². The predicted octanol–water partition coefficient (Wildman–Crippen LogP) is 2.35. The zero-order valence-corrected chi connectivity index (χ0v) is 12.0. The third-order valence-corrected chi connectivity index (χ3v) is 4.05. The van der Waals surface area contributed by atoms with Gasteiger partial charge in [-0.3, -0.25) is 9.69 Å². The molecule has 2 atom stereocenters. The van der Waals surface area contributed by atoms with Gasteiger partial charge in [0.1, 0.15) is 5.78 Å². The fraction of sp³-hybridized carbons (Fsp3) is 0.929. The molecule has 0 aromatic rings. The van der Waals surface area contributed by atoms with E-state index in [2.05, 4.69) is 32.6 Å². The molecule has 1 fully saturated rings. The van der Waals surface area contributed by atoms with E-state index >= 15 is 0 Å². The maximum absolute atomic E-state index is 12.2. The average Bonchev–Trinajstić information content (AvgIpc) is 2.52. The lowest BCUT2D eigenvalue weighted by Gasteiger charge is -2.29. The maximum atomic E-state index is 12.2. The summed E-state index contributed by atoms with van der Waals surface area (Å²) in [6, 6.07) is 0.390. The number of carbonyl (C=O) groups is 1. The number of nitrogens with zero attached hydrogens (tertiary/aromatic N) is 1. The number of hydrogen-bond acceptors (Lipinski definition) is 3. The summed E-state index contributed by atoms with van der Waals surface area (Å²) >= 11 is 0. The highest BCUT2D eigenvalue weighted by Crippen LogP contribution is 2.37. The first-order valence-corrected chi connectivity index (χ1v) is 6.69. The van der Waals surface area contributed by atoms with E-state index in [1.165, 1.54) is 0 Å². The van der Waals surface area contributed by atoms with Gasteiger partial charge in [-0.2, -0.15) is 0 Å². The van der Waals surface area contributed by atoms with Gasteiger partial charge in [0, 0.05) is 31.0 Å². The van der Waals surface area contributed by atoms with Gasteiger partial charge < -0.3 is 4.74 Å². The van der Waals surface area contributed by atoms with Crippen LogP contribution in [0.2, 0.25) is 0 Å². The molecule has 0 heterocycles. The van der Waals surface area contributed by atoms with Crippen molar-refractivity contribution in [1.29, 1.82) is 0 Å². The normalized spacial score (nSPS) is 25.5. The highest BCUT2D eigenvalue weighted by Gasteiger charge is 2.40. The van der Waals surface area contributed by atoms with Gasteiger partial charge in [0.05, 0.1) is 6.61 Å². The van der Waals surface area contributed by atoms with Gasteiger partial charge in [-0.25, -0.2) is 0 Å². The van der Waals surface area contributed by atoms with Crippen LogP contribution >= 0.6 is 0 Å². The van der Waals surface area contributed by atoms with Crippen LogP contribution in [0.5, 0.6) is 0 Å². The molecule has 0 amide bonds. The fourth-order valence-corrected chi connectivity index (χ4v) is 2.77. The van der Waals surface area contributed by atoms with Crippen molar-refractivity contribution in [2.24, 2.45) is 11.3 Å². The standard InChI is InChI=1S/C14H27NO2/c1-6-15(11(2)10-17-5)9-12-7-8-14(3,4)13(12)16/h11-12H,6-10H2,1-5H3. The molecule has 1 rings (SSSR count). The Morgan fingerprint density at radius 2 is 2.18 bits per heavy atom. The maximum Gasteiger partial charge on any atom is 0.142 e. The molecule has 1 saturated carbocycles. The molecule has 0 spiro atoms. The number of ether oxygens (including phenoxy) is 1. The molecule has 0 aromatic carbocycles. The fourth-order valence-electron chi connectivity index (χ4n) is 2.77. The van der Waals surface area contributed by atoms with Crippen LogP contribution in [0.3, 0.4) is 0 Å². The molecule has 100 valence electrons. The lowest BCUT2D eigenvalue weighted by atomic mass is 9.89. The van der Waals surface area contributed by atoms with Crippen LogP contribution in [0.1, 0.15) is 40.5 Å². The van der Waals surface area contributed by atoms with E-state index in [-0.39, 0.29) is 11.3 Å². The van der Waals surface area contributed by atoms with Crippen LogP contribution in [-0.2, 0) is 9.53 Å². The summed E-state index contributed by atoms with van der Waals surface area (Å²) in [6.45, 7) is 11.1. The van der Waals surface area contributed by atoms with Crippen LogP contribution in [0.4, 0.5) is 0 Å². The van der Waals surface area contributed by atoms with Gasteiger partial charge >= 0.3 is 0 Å². The second-order valence-electron chi connectivity index (χ2n) is 5.88. The monoisotopic (exact) mass is 241 g/mol. The zero-order valence-electron chi connectivity index (χ0n) is 12.0. The van der Waals surface area contributed by atoms with Crippen molar-refractivity contribution in [2.75, 3.05) is 26.8 Å². The average molecular weight is 241 g/mol. The van der Waals surface area contributed by atoms with Crippen LogP contribution in [-0.4, -0.2) is 43.5 Å². The Balaban J connectivity index is 2.55. The number of Topliss-reactive ketones (excluding diaryl/α,β-unsaturated/α-hetero) is 1. The van der Waals surface area contributed by atoms with E-state index in [0.717, 1.165) is 32.5 Å². The number of methoxy groups -OCH3 is 1. The SMILES string of the molecule is CCN(CC1CCC(C)(C)C1=O)C(C)COC. The van der Waals surface area contributed by atoms with Crippen molar-refractivity contribution in [3.8, 4) is 0 Å². The summed E-state index contributed by atoms with van der Waals surface area (Å²) in [7, 11) is 1.73. The minimum Gasteiger partial charge on any atom is -0.383 e. The number of hydrogen-bond donors (Lipinski definition) is 0. The van der Waals surface area contributed by atoms with Crippen molar-refractivity contribution in [2.45, 2.75) is 46.6 Å². The molecular formula is C14H27NO2. The third kappa shape index (κ3) is 3.52. The summed E-state index contributed by atoms with van der Waals surface area (Å²) in [5, 5.41) is 0. The molecule has 0 aromatic heterocycles. The van der Waals surface area contributed by atoms with E-state index in [4.69, 9.17) is 4.74 Å². The highest BCUT2D eigenvalue weighted by atomic mass is 16.5. The molecule has 0 aliphatic heterocycles. The molecule has 3 heteroatoms. The second kappa shape index (κ2) is 5.96. The van der Waals surface area contributed by atoms with Crippen molar-refractivity contribution in [1.82, 2.24) is 4.90 Å². The van der Waals surface area contributed by atoms with Gasteiger partial charge in [0.15, 0.2) is 0 Å². The quantitative estimate of drug-likeness (QED) is 0.715. The highest BCUT2D eigenvalue weighted by molar-refractivity contribution is 5.88. The summed E-state index contributed by atoms with van der Waals surface area (Å²) in [4.78, 5) is 14.6. The Morgan fingerprint density at radius 3 is 2.59 bits per heavy atom. The number of carbonyl (C=O) groups excluding carboxylic acids is 1. The smallest absolute Gasteiger partial charge is 0.142 e. The van der Waals surface area contributed by atoms with Crippen LogP contribution < -0.4 is 0 Å². The first kappa shape index (κ1) is 14.7. The van der Waals surface area contributed by atoms with Crippen molar-refractivity contribution < 1.29 is 9.53 Å². The van der Waals surface area contributed by atoms with Gasteiger partial charge in [-0.15, -0.1) is 0 Å². The number of likely N-dealkylation sites (N-methyl/N-ethyl adjacent to an activating group) is 1. The topological polar surface area (TPSA) is 29.5 Å². The molecule has 0 saturated heterocycles. The molecule has 0 N–H and O–H groups in total. The van der Waals surface area contributed by atoms with E-state index in [1.54, 1.807) is 7.11 Å². The summed E-state index contributed by atoms with van der Waals surface area (Å²) < 4.78 is 5.19. The van der Waals surface area contributed by atoms with Crippen LogP contribution in [0.15, 0.2) is 0 Å². The Morgan fingerprint density at radius 1 is 1.53 bits per heavy atom. The molecular weight excluding hydrogens is 214 g/mol. The first-order chi connectivity index (χ1) is 7.92. The van der Waals surface area contributed by atoms with Crippen LogP contribution in [0, 0.1) is 11.3 Å². The Bertz CT molecular complexity index is 263. The number of ketones is 1. The summed E-state index contributed by atoms with van der Waals surface area (Å²) in [5.74, 6) is 0.671. The van der Waals surface area contributed by atoms with E-state index in [0.29, 0.717) is 11.8 Å². The van der Waals surface area contributed by atoms with Gasteiger partial charge in [-0.05, 0) is 26.3 Å². The molecule has 2 unspecified atom stereocenters. The predicted molar refractivity (Wildman–Crippen MR) is 70.1 cm³/mol. The number of rotatable bonds is 6. The van der Waals surface area contributed by atoms with E-state index < -0.39 is 0 Å². The molecule has 0 radical (unpaired) electrons. The zero-order chi connectivity index (χ0) is 13.1. The van der Waals surface area contributed by atoms with Crippen molar-refractivity contribution in [3.63, 3.8) is 0 Å². The summed E-state index contributed by atoms with van der Waals surface area (Å²) in [5.41, 5.74) is -0.103. The molecule has 1 aliphatic rings. The molecule has 0 bridgehead atoms. The van der Waals surface area contributed by atoms with Gasteiger partial charge in [-0.1, -0.05) is 20.8 Å². The first-order valence-electron chi connectivity index (χ1n) is 6.69. The largest absolute Gasteiger partial charge is 0.383 e. The van der Waals surface area contributed by atoms with E-state index in [9.17, 15) is 4.79 Å². The minimum absolute atomic E-state index is 0.103. The lowest BCUT2D eigenvalue weighted by Crippen LogP contribution is -2.41.